The molecule has 2 aliphatic carbocycles. The Balaban J connectivity index is 1.72. The number of aliphatic hydroxyl groups excluding tert-OH is 1. The summed E-state index contributed by atoms with van der Waals surface area (Å²) >= 11 is 0. The first-order valence-electron chi connectivity index (χ1n) is 5.73. The van der Waals surface area contributed by atoms with Gasteiger partial charge in [-0.15, -0.1) is 0 Å². The Hall–Kier alpha value is -1.35. The van der Waals surface area contributed by atoms with Crippen molar-refractivity contribution in [1.82, 2.24) is 0 Å². The predicted molar refractivity (Wildman–Crippen MR) is 59.7 cm³/mol. The van der Waals surface area contributed by atoms with Gasteiger partial charge in [0.05, 0.1) is 0 Å². The highest BCUT2D eigenvalue weighted by molar-refractivity contribution is 5.78. The van der Waals surface area contributed by atoms with E-state index in [4.69, 9.17) is 5.73 Å². The zero-order valence-corrected chi connectivity index (χ0v) is 8.97. The van der Waals surface area contributed by atoms with E-state index >= 15 is 0 Å². The standard InChI is InChI=1S/C13H15NO2/c14-13(16)11(15)6-10-9-5-7-3-1-2-4-8(7)12(9)10/h1-4,9-12,15H,5-6H2,(H2,14,16). The summed E-state index contributed by atoms with van der Waals surface area (Å²) in [5.74, 6) is 1.05. The third kappa shape index (κ3) is 1.35. The Kier molecular flexibility index (Phi) is 2.04. The van der Waals surface area contributed by atoms with Crippen LogP contribution < -0.4 is 5.73 Å². The molecule has 3 heteroatoms. The van der Waals surface area contributed by atoms with E-state index in [0.717, 1.165) is 6.42 Å². The molecule has 0 bridgehead atoms. The van der Waals surface area contributed by atoms with E-state index in [1.54, 1.807) is 0 Å². The Morgan fingerprint density at radius 2 is 2.25 bits per heavy atom. The van der Waals surface area contributed by atoms with Crippen LogP contribution in [0.5, 0.6) is 0 Å². The summed E-state index contributed by atoms with van der Waals surface area (Å²) in [6, 6.07) is 8.46. The van der Waals surface area contributed by atoms with E-state index in [9.17, 15) is 9.90 Å². The number of amides is 1. The summed E-state index contributed by atoms with van der Waals surface area (Å²) in [5, 5.41) is 9.47. The molecule has 0 spiro atoms. The van der Waals surface area contributed by atoms with Crippen molar-refractivity contribution >= 4 is 5.91 Å². The van der Waals surface area contributed by atoms with Gasteiger partial charge >= 0.3 is 0 Å². The second-order valence-corrected chi connectivity index (χ2v) is 4.91. The Morgan fingerprint density at radius 3 is 3.00 bits per heavy atom. The van der Waals surface area contributed by atoms with Gasteiger partial charge in [-0.25, -0.2) is 0 Å². The first-order chi connectivity index (χ1) is 7.68. The van der Waals surface area contributed by atoms with Crippen molar-refractivity contribution in [1.29, 1.82) is 0 Å². The van der Waals surface area contributed by atoms with E-state index in [0.29, 0.717) is 24.2 Å². The van der Waals surface area contributed by atoms with Crippen molar-refractivity contribution in [2.24, 2.45) is 17.6 Å². The van der Waals surface area contributed by atoms with Gasteiger partial charge < -0.3 is 10.8 Å². The molecule has 2 aliphatic rings. The van der Waals surface area contributed by atoms with Crippen LogP contribution in [0.2, 0.25) is 0 Å². The zero-order chi connectivity index (χ0) is 11.3. The minimum absolute atomic E-state index is 0.456. The van der Waals surface area contributed by atoms with E-state index in [1.165, 1.54) is 11.1 Å². The summed E-state index contributed by atoms with van der Waals surface area (Å²) in [6.45, 7) is 0. The number of carbonyl (C=O) groups excluding carboxylic acids is 1. The largest absolute Gasteiger partial charge is 0.383 e. The second-order valence-electron chi connectivity index (χ2n) is 4.91. The lowest BCUT2D eigenvalue weighted by Gasteiger charge is -2.09. The lowest BCUT2D eigenvalue weighted by molar-refractivity contribution is -0.126. The Labute approximate surface area is 94.3 Å². The fraction of sp³-hybridized carbons (Fsp3) is 0.462. The van der Waals surface area contributed by atoms with Crippen LogP contribution in [0, 0.1) is 11.8 Å². The van der Waals surface area contributed by atoms with Gasteiger partial charge in [-0.2, -0.15) is 0 Å². The minimum Gasteiger partial charge on any atom is -0.383 e. The normalized spacial score (nSPS) is 31.7. The molecule has 84 valence electrons. The van der Waals surface area contributed by atoms with E-state index in [1.807, 2.05) is 0 Å². The molecule has 0 aliphatic heterocycles. The van der Waals surface area contributed by atoms with Crippen molar-refractivity contribution in [2.45, 2.75) is 24.9 Å². The number of nitrogens with two attached hydrogens (primary N) is 1. The van der Waals surface area contributed by atoms with Crippen molar-refractivity contribution < 1.29 is 9.90 Å². The van der Waals surface area contributed by atoms with Gasteiger partial charge in [0.2, 0.25) is 5.91 Å². The molecule has 1 fully saturated rings. The SMILES string of the molecule is NC(=O)C(O)CC1C2Cc3ccccc3C21. The van der Waals surface area contributed by atoms with Gasteiger partial charge in [0, 0.05) is 0 Å². The average Bonchev–Trinajstić information content (AvgIpc) is 2.79. The van der Waals surface area contributed by atoms with E-state index in [2.05, 4.69) is 24.3 Å². The topological polar surface area (TPSA) is 63.3 Å². The van der Waals surface area contributed by atoms with Crippen LogP contribution in [0.4, 0.5) is 0 Å². The Bertz CT molecular complexity index is 443. The molecule has 0 radical (unpaired) electrons. The Morgan fingerprint density at radius 1 is 1.50 bits per heavy atom. The predicted octanol–water partition coefficient (Wildman–Crippen LogP) is 0.809. The van der Waals surface area contributed by atoms with Gasteiger partial charge in [0.15, 0.2) is 0 Å². The highest BCUT2D eigenvalue weighted by Gasteiger charge is 2.55. The minimum atomic E-state index is -0.970. The number of benzene rings is 1. The fourth-order valence-corrected chi connectivity index (χ4v) is 3.18. The first kappa shape index (κ1) is 9.85. The first-order valence-corrected chi connectivity index (χ1v) is 5.73. The lowest BCUT2D eigenvalue weighted by atomic mass is 9.99. The molecule has 0 aromatic heterocycles. The van der Waals surface area contributed by atoms with E-state index in [-0.39, 0.29) is 0 Å². The summed E-state index contributed by atoms with van der Waals surface area (Å²) < 4.78 is 0. The van der Waals surface area contributed by atoms with E-state index < -0.39 is 12.0 Å². The van der Waals surface area contributed by atoms with Crippen LogP contribution >= 0.6 is 0 Å². The number of aliphatic hydroxyl groups is 1. The fourth-order valence-electron chi connectivity index (χ4n) is 3.18. The van der Waals surface area contributed by atoms with Crippen molar-refractivity contribution in [3.8, 4) is 0 Å². The van der Waals surface area contributed by atoms with Gasteiger partial charge in [-0.3, -0.25) is 4.79 Å². The number of rotatable bonds is 3. The smallest absolute Gasteiger partial charge is 0.246 e. The number of hydrogen-bond donors (Lipinski definition) is 2. The average molecular weight is 217 g/mol. The molecule has 3 rings (SSSR count). The third-order valence-electron chi connectivity index (χ3n) is 4.03. The number of hydrogen-bond acceptors (Lipinski definition) is 2. The summed E-state index contributed by atoms with van der Waals surface area (Å²) in [6.07, 6.45) is 0.651. The van der Waals surface area contributed by atoms with Crippen LogP contribution in [0.15, 0.2) is 24.3 Å². The number of carbonyl (C=O) groups is 1. The van der Waals surface area contributed by atoms with Gasteiger partial charge in [0.1, 0.15) is 6.10 Å². The molecule has 0 saturated heterocycles. The molecule has 1 saturated carbocycles. The molecule has 4 atom stereocenters. The highest BCUT2D eigenvalue weighted by Crippen LogP contribution is 2.62. The maximum Gasteiger partial charge on any atom is 0.246 e. The molecular weight excluding hydrogens is 202 g/mol. The molecule has 16 heavy (non-hydrogen) atoms. The third-order valence-corrected chi connectivity index (χ3v) is 4.03. The number of fused-ring (bicyclic) bond motifs is 3. The van der Waals surface area contributed by atoms with Crippen molar-refractivity contribution in [3.05, 3.63) is 35.4 Å². The zero-order valence-electron chi connectivity index (χ0n) is 8.97. The molecule has 1 aromatic rings. The molecular formula is C13H15NO2. The molecule has 3 nitrogen and oxygen atoms in total. The van der Waals surface area contributed by atoms with Crippen LogP contribution in [0.25, 0.3) is 0 Å². The molecule has 3 N–H and O–H groups in total. The van der Waals surface area contributed by atoms with Crippen LogP contribution in [0.1, 0.15) is 23.5 Å². The molecule has 4 unspecified atom stereocenters. The maximum atomic E-state index is 10.8. The summed E-state index contributed by atoms with van der Waals surface area (Å²) in [4.78, 5) is 10.8. The highest BCUT2D eigenvalue weighted by atomic mass is 16.3. The lowest BCUT2D eigenvalue weighted by Crippen LogP contribution is -2.29. The van der Waals surface area contributed by atoms with Gasteiger partial charge in [0.25, 0.3) is 0 Å². The molecule has 0 heterocycles. The molecule has 1 amide bonds. The van der Waals surface area contributed by atoms with Crippen LogP contribution in [-0.2, 0) is 11.2 Å². The summed E-state index contributed by atoms with van der Waals surface area (Å²) in [5.41, 5.74) is 7.91. The monoisotopic (exact) mass is 217 g/mol. The molecule has 1 aromatic carbocycles. The van der Waals surface area contributed by atoms with Gasteiger partial charge in [-0.05, 0) is 41.7 Å². The van der Waals surface area contributed by atoms with Crippen LogP contribution in [-0.4, -0.2) is 17.1 Å². The second kappa shape index (κ2) is 3.32. The summed E-state index contributed by atoms with van der Waals surface area (Å²) in [7, 11) is 0. The van der Waals surface area contributed by atoms with Crippen molar-refractivity contribution in [3.63, 3.8) is 0 Å². The van der Waals surface area contributed by atoms with Crippen molar-refractivity contribution in [2.75, 3.05) is 0 Å². The maximum absolute atomic E-state index is 10.8. The van der Waals surface area contributed by atoms with Gasteiger partial charge in [-0.1, -0.05) is 24.3 Å². The number of primary amides is 1. The van der Waals surface area contributed by atoms with Crippen LogP contribution in [0.3, 0.4) is 0 Å². The quantitative estimate of drug-likeness (QED) is 0.787.